The molecule has 0 fully saturated rings. The van der Waals surface area contributed by atoms with E-state index in [1.165, 1.54) is 31.6 Å². The summed E-state index contributed by atoms with van der Waals surface area (Å²) in [6, 6.07) is 1.07. The van der Waals surface area contributed by atoms with Crippen LogP contribution < -0.4 is 5.32 Å². The molecule has 2 nitrogen and oxygen atoms in total. The molecule has 13 heavy (non-hydrogen) atoms. The molecule has 1 aromatic rings. The van der Waals surface area contributed by atoms with Gasteiger partial charge in [-0.15, -0.1) is 0 Å². The van der Waals surface area contributed by atoms with Crippen molar-refractivity contribution in [3.05, 3.63) is 30.1 Å². The lowest BCUT2D eigenvalue weighted by Gasteiger charge is -2.19. The summed E-state index contributed by atoms with van der Waals surface area (Å²) in [5.41, 5.74) is 0.171. The quantitative estimate of drug-likeness (QED) is 0.770. The zero-order chi connectivity index (χ0) is 9.90. The average molecular weight is 190 g/mol. The number of nitrogens with one attached hydrogen (secondary N) is 1. The molecule has 0 bridgehead atoms. The monoisotopic (exact) mass is 190 g/mol. The van der Waals surface area contributed by atoms with Gasteiger partial charge in [0.1, 0.15) is 6.04 Å². The number of nitrogens with zero attached hydrogens (tertiary/aromatic N) is 1. The van der Waals surface area contributed by atoms with Crippen molar-refractivity contribution in [2.24, 2.45) is 0 Å². The first kappa shape index (κ1) is 9.98. The second kappa shape index (κ2) is 3.74. The van der Waals surface area contributed by atoms with E-state index in [0.29, 0.717) is 0 Å². The summed E-state index contributed by atoms with van der Waals surface area (Å²) in [5.74, 6) is 0. The van der Waals surface area contributed by atoms with Gasteiger partial charge in [0.05, 0.1) is 0 Å². The van der Waals surface area contributed by atoms with Crippen LogP contribution in [0.1, 0.15) is 11.6 Å². The fourth-order valence-electron chi connectivity index (χ4n) is 1.08. The van der Waals surface area contributed by atoms with Crippen LogP contribution in [0.15, 0.2) is 24.5 Å². The smallest absolute Gasteiger partial charge is 0.306 e. The molecule has 1 heterocycles. The first-order chi connectivity index (χ1) is 6.05. The fourth-order valence-corrected chi connectivity index (χ4v) is 1.08. The van der Waals surface area contributed by atoms with Gasteiger partial charge >= 0.3 is 6.18 Å². The Bertz CT molecular complexity index is 258. The van der Waals surface area contributed by atoms with Crippen LogP contribution in [-0.2, 0) is 0 Å². The summed E-state index contributed by atoms with van der Waals surface area (Å²) >= 11 is 0. The summed E-state index contributed by atoms with van der Waals surface area (Å²) in [7, 11) is 1.28. The largest absolute Gasteiger partial charge is 0.407 e. The highest BCUT2D eigenvalue weighted by Crippen LogP contribution is 2.31. The standard InChI is InChI=1S/C8H9F3N2/c1-12-7(8(9,10)11)6-2-4-13-5-3-6/h2-5,7,12H,1H3. The van der Waals surface area contributed by atoms with E-state index in [9.17, 15) is 13.2 Å². The predicted octanol–water partition coefficient (Wildman–Crippen LogP) is 1.90. The highest BCUT2D eigenvalue weighted by Gasteiger charge is 2.39. The second-order valence-corrected chi connectivity index (χ2v) is 2.54. The van der Waals surface area contributed by atoms with E-state index in [4.69, 9.17) is 0 Å². The maximum absolute atomic E-state index is 12.3. The van der Waals surface area contributed by atoms with Crippen LogP contribution in [0.2, 0.25) is 0 Å². The van der Waals surface area contributed by atoms with Gasteiger partial charge in [-0.3, -0.25) is 4.98 Å². The van der Waals surface area contributed by atoms with Crippen LogP contribution in [0.4, 0.5) is 13.2 Å². The number of aromatic nitrogens is 1. The molecule has 0 radical (unpaired) electrons. The third kappa shape index (κ3) is 2.42. The van der Waals surface area contributed by atoms with Gasteiger partial charge in [-0.1, -0.05) is 0 Å². The molecular formula is C8H9F3N2. The number of hydrogen-bond donors (Lipinski definition) is 1. The molecule has 1 N–H and O–H groups in total. The molecule has 1 rings (SSSR count). The Morgan fingerprint density at radius 2 is 1.85 bits per heavy atom. The Labute approximate surface area is 73.8 Å². The molecule has 0 saturated carbocycles. The number of hydrogen-bond acceptors (Lipinski definition) is 2. The molecular weight excluding hydrogens is 181 g/mol. The van der Waals surface area contributed by atoms with Crippen LogP contribution >= 0.6 is 0 Å². The van der Waals surface area contributed by atoms with Gasteiger partial charge in [0, 0.05) is 12.4 Å². The molecule has 0 spiro atoms. The molecule has 0 aliphatic rings. The Balaban J connectivity index is 2.92. The fraction of sp³-hybridized carbons (Fsp3) is 0.375. The SMILES string of the molecule is CNC(c1ccncc1)C(F)(F)F. The topological polar surface area (TPSA) is 24.9 Å². The number of alkyl halides is 3. The highest BCUT2D eigenvalue weighted by molar-refractivity contribution is 5.16. The third-order valence-electron chi connectivity index (χ3n) is 1.66. The minimum Gasteiger partial charge on any atom is -0.306 e. The van der Waals surface area contributed by atoms with Gasteiger partial charge in [0.15, 0.2) is 0 Å². The van der Waals surface area contributed by atoms with Gasteiger partial charge in [-0.05, 0) is 24.7 Å². The Morgan fingerprint density at radius 3 is 2.23 bits per heavy atom. The van der Waals surface area contributed by atoms with E-state index in [-0.39, 0.29) is 5.56 Å². The third-order valence-corrected chi connectivity index (χ3v) is 1.66. The van der Waals surface area contributed by atoms with E-state index in [0.717, 1.165) is 0 Å². The minimum absolute atomic E-state index is 0.171. The summed E-state index contributed by atoms with van der Waals surface area (Å²) in [5, 5.41) is 2.21. The van der Waals surface area contributed by atoms with Gasteiger partial charge in [-0.2, -0.15) is 13.2 Å². The Kier molecular flexibility index (Phi) is 2.87. The van der Waals surface area contributed by atoms with Crippen LogP contribution in [0.3, 0.4) is 0 Å². The van der Waals surface area contributed by atoms with Crippen molar-refractivity contribution in [2.45, 2.75) is 12.2 Å². The van der Waals surface area contributed by atoms with Crippen molar-refractivity contribution in [3.63, 3.8) is 0 Å². The summed E-state index contributed by atoms with van der Waals surface area (Å²) in [4.78, 5) is 3.65. The molecule has 0 saturated heterocycles. The van der Waals surface area contributed by atoms with Crippen LogP contribution in [0.5, 0.6) is 0 Å². The van der Waals surface area contributed by atoms with Crippen molar-refractivity contribution < 1.29 is 13.2 Å². The molecule has 0 aromatic carbocycles. The summed E-state index contributed by atoms with van der Waals surface area (Å²) < 4.78 is 37.0. The number of rotatable bonds is 2. The van der Waals surface area contributed by atoms with E-state index in [1.54, 1.807) is 0 Å². The molecule has 0 aliphatic carbocycles. The molecule has 0 aliphatic heterocycles. The Morgan fingerprint density at radius 1 is 1.31 bits per heavy atom. The molecule has 1 aromatic heterocycles. The van der Waals surface area contributed by atoms with Crippen molar-refractivity contribution in [1.29, 1.82) is 0 Å². The molecule has 1 atom stereocenters. The maximum atomic E-state index is 12.3. The molecule has 0 amide bonds. The van der Waals surface area contributed by atoms with E-state index < -0.39 is 12.2 Å². The second-order valence-electron chi connectivity index (χ2n) is 2.54. The first-order valence-electron chi connectivity index (χ1n) is 3.69. The lowest BCUT2D eigenvalue weighted by Crippen LogP contribution is -2.31. The first-order valence-corrected chi connectivity index (χ1v) is 3.69. The van der Waals surface area contributed by atoms with Crippen LogP contribution in [0, 0.1) is 0 Å². The molecule has 5 heteroatoms. The van der Waals surface area contributed by atoms with Crippen molar-refractivity contribution in [1.82, 2.24) is 10.3 Å². The normalized spacial score (nSPS) is 14.2. The Hall–Kier alpha value is -1.10. The highest BCUT2D eigenvalue weighted by atomic mass is 19.4. The van der Waals surface area contributed by atoms with Crippen LogP contribution in [-0.4, -0.2) is 18.2 Å². The molecule has 72 valence electrons. The lowest BCUT2D eigenvalue weighted by molar-refractivity contribution is -0.156. The number of pyridine rings is 1. The summed E-state index contributed by atoms with van der Waals surface area (Å²) in [6.45, 7) is 0. The zero-order valence-electron chi connectivity index (χ0n) is 6.97. The van der Waals surface area contributed by atoms with Gasteiger partial charge in [0.2, 0.25) is 0 Å². The van der Waals surface area contributed by atoms with Gasteiger partial charge in [-0.25, -0.2) is 0 Å². The molecule has 1 unspecified atom stereocenters. The van der Waals surface area contributed by atoms with Crippen molar-refractivity contribution in [3.8, 4) is 0 Å². The van der Waals surface area contributed by atoms with E-state index in [1.807, 2.05) is 0 Å². The summed E-state index contributed by atoms with van der Waals surface area (Å²) in [6.07, 6.45) is -1.59. The van der Waals surface area contributed by atoms with Crippen LogP contribution in [0.25, 0.3) is 0 Å². The number of halogens is 3. The maximum Gasteiger partial charge on any atom is 0.407 e. The average Bonchev–Trinajstić information content (AvgIpc) is 2.05. The van der Waals surface area contributed by atoms with Crippen molar-refractivity contribution in [2.75, 3.05) is 7.05 Å². The zero-order valence-corrected chi connectivity index (χ0v) is 6.97. The van der Waals surface area contributed by atoms with E-state index >= 15 is 0 Å². The predicted molar refractivity (Wildman–Crippen MR) is 42.1 cm³/mol. The minimum atomic E-state index is -4.27. The van der Waals surface area contributed by atoms with Crippen molar-refractivity contribution >= 4 is 0 Å². The van der Waals surface area contributed by atoms with Gasteiger partial charge in [0.25, 0.3) is 0 Å². The van der Waals surface area contributed by atoms with E-state index in [2.05, 4.69) is 10.3 Å². The van der Waals surface area contributed by atoms with Gasteiger partial charge < -0.3 is 5.32 Å². The lowest BCUT2D eigenvalue weighted by atomic mass is 10.1.